The number of nitrogens with two attached hydrogens (primary N) is 1. The summed E-state index contributed by atoms with van der Waals surface area (Å²) in [6.07, 6.45) is 5.40. The average Bonchev–Trinajstić information content (AvgIpc) is 2.28. The Bertz CT molecular complexity index is 194. The standard InChI is InChI=1S/C10H21N3O/c1-13(2)12-10(14)8-6-4-3-5-7-9(8)11/h8-9H,3-7,11H2,1-2H3,(H,12,14). The average molecular weight is 199 g/mol. The van der Waals surface area contributed by atoms with E-state index in [9.17, 15) is 4.79 Å². The van der Waals surface area contributed by atoms with Crippen LogP contribution in [-0.4, -0.2) is 31.1 Å². The lowest BCUT2D eigenvalue weighted by Gasteiger charge is -2.22. The van der Waals surface area contributed by atoms with Gasteiger partial charge in [0.25, 0.3) is 0 Å². The van der Waals surface area contributed by atoms with Gasteiger partial charge in [-0.3, -0.25) is 10.2 Å². The van der Waals surface area contributed by atoms with Gasteiger partial charge in [-0.25, -0.2) is 5.01 Å². The Morgan fingerprint density at radius 1 is 1.29 bits per heavy atom. The minimum absolute atomic E-state index is 0.0000926. The molecule has 0 radical (unpaired) electrons. The first-order valence-corrected chi connectivity index (χ1v) is 5.34. The summed E-state index contributed by atoms with van der Waals surface area (Å²) in [4.78, 5) is 11.7. The molecule has 0 saturated heterocycles. The Morgan fingerprint density at radius 3 is 2.57 bits per heavy atom. The largest absolute Gasteiger partial charge is 0.327 e. The Balaban J connectivity index is 2.50. The Kier molecular flexibility index (Phi) is 4.35. The second kappa shape index (κ2) is 5.32. The smallest absolute Gasteiger partial charge is 0.238 e. The SMILES string of the molecule is CN(C)NC(=O)C1CCCCCC1N. The minimum atomic E-state index is -0.0000926. The molecule has 1 rings (SSSR count). The topological polar surface area (TPSA) is 58.4 Å². The number of carbonyl (C=O) groups excluding carboxylic acids is 1. The van der Waals surface area contributed by atoms with Crippen LogP contribution in [0.25, 0.3) is 0 Å². The molecule has 1 aliphatic rings. The summed E-state index contributed by atoms with van der Waals surface area (Å²) in [6.45, 7) is 0. The highest BCUT2D eigenvalue weighted by molar-refractivity contribution is 5.78. The fraction of sp³-hybridized carbons (Fsp3) is 0.900. The molecule has 14 heavy (non-hydrogen) atoms. The van der Waals surface area contributed by atoms with Crippen LogP contribution in [0.2, 0.25) is 0 Å². The van der Waals surface area contributed by atoms with E-state index in [1.165, 1.54) is 6.42 Å². The Morgan fingerprint density at radius 2 is 1.93 bits per heavy atom. The van der Waals surface area contributed by atoms with E-state index in [0.717, 1.165) is 25.7 Å². The first kappa shape index (κ1) is 11.5. The van der Waals surface area contributed by atoms with E-state index in [-0.39, 0.29) is 17.9 Å². The third-order valence-electron chi connectivity index (χ3n) is 2.74. The Labute approximate surface area is 85.8 Å². The quantitative estimate of drug-likeness (QED) is 0.502. The summed E-state index contributed by atoms with van der Waals surface area (Å²) in [7, 11) is 3.64. The molecule has 3 N–H and O–H groups in total. The summed E-state index contributed by atoms with van der Waals surface area (Å²) >= 11 is 0. The van der Waals surface area contributed by atoms with Crippen molar-refractivity contribution < 1.29 is 4.79 Å². The van der Waals surface area contributed by atoms with Gasteiger partial charge in [0, 0.05) is 20.1 Å². The van der Waals surface area contributed by atoms with Crippen molar-refractivity contribution in [2.45, 2.75) is 38.1 Å². The van der Waals surface area contributed by atoms with Crippen molar-refractivity contribution in [1.82, 2.24) is 10.4 Å². The molecule has 0 aromatic rings. The van der Waals surface area contributed by atoms with E-state index in [1.807, 2.05) is 14.1 Å². The minimum Gasteiger partial charge on any atom is -0.327 e. The van der Waals surface area contributed by atoms with Gasteiger partial charge in [-0.1, -0.05) is 19.3 Å². The van der Waals surface area contributed by atoms with Crippen molar-refractivity contribution in [3.8, 4) is 0 Å². The van der Waals surface area contributed by atoms with Crippen LogP contribution in [0.4, 0.5) is 0 Å². The second-order valence-corrected chi connectivity index (χ2v) is 4.28. The fourth-order valence-electron chi connectivity index (χ4n) is 1.97. The van der Waals surface area contributed by atoms with Crippen molar-refractivity contribution in [3.05, 3.63) is 0 Å². The first-order chi connectivity index (χ1) is 6.61. The van der Waals surface area contributed by atoms with E-state index in [0.29, 0.717) is 0 Å². The molecule has 0 aromatic heterocycles. The van der Waals surface area contributed by atoms with E-state index in [1.54, 1.807) is 5.01 Å². The predicted octanol–water partition coefficient (Wildman–Crippen LogP) is 0.487. The van der Waals surface area contributed by atoms with Crippen molar-refractivity contribution in [2.24, 2.45) is 11.7 Å². The molecule has 0 bridgehead atoms. The molecule has 0 aromatic carbocycles. The van der Waals surface area contributed by atoms with Gasteiger partial charge < -0.3 is 5.73 Å². The molecule has 0 aliphatic heterocycles. The van der Waals surface area contributed by atoms with Gasteiger partial charge in [-0.05, 0) is 12.8 Å². The molecule has 4 nitrogen and oxygen atoms in total. The van der Waals surface area contributed by atoms with Gasteiger partial charge in [0.2, 0.25) is 5.91 Å². The summed E-state index contributed by atoms with van der Waals surface area (Å²) in [5.41, 5.74) is 8.76. The van der Waals surface area contributed by atoms with Crippen molar-refractivity contribution in [1.29, 1.82) is 0 Å². The third kappa shape index (κ3) is 3.27. The van der Waals surface area contributed by atoms with E-state index in [4.69, 9.17) is 5.73 Å². The summed E-state index contributed by atoms with van der Waals surface area (Å²) in [6, 6.07) is 0.0393. The lowest BCUT2D eigenvalue weighted by molar-refractivity contribution is -0.129. The molecule has 1 fully saturated rings. The van der Waals surface area contributed by atoms with Crippen molar-refractivity contribution in [2.75, 3.05) is 14.1 Å². The van der Waals surface area contributed by atoms with E-state index >= 15 is 0 Å². The third-order valence-corrected chi connectivity index (χ3v) is 2.74. The van der Waals surface area contributed by atoms with Crippen LogP contribution >= 0.6 is 0 Å². The van der Waals surface area contributed by atoms with Gasteiger partial charge in [0.15, 0.2) is 0 Å². The molecule has 82 valence electrons. The number of nitrogens with one attached hydrogen (secondary N) is 1. The molecule has 1 saturated carbocycles. The van der Waals surface area contributed by atoms with Crippen LogP contribution in [-0.2, 0) is 4.79 Å². The number of hydrazine groups is 1. The summed E-state index contributed by atoms with van der Waals surface area (Å²) in [5.74, 6) is 0.0734. The number of nitrogens with zero attached hydrogens (tertiary/aromatic N) is 1. The maximum atomic E-state index is 11.7. The molecule has 4 heteroatoms. The molecule has 1 amide bonds. The lowest BCUT2D eigenvalue weighted by Crippen LogP contribution is -2.46. The molecular formula is C10H21N3O. The number of hydrogen-bond acceptors (Lipinski definition) is 3. The molecule has 2 unspecified atom stereocenters. The van der Waals surface area contributed by atoms with Crippen LogP contribution in [0, 0.1) is 5.92 Å². The van der Waals surface area contributed by atoms with Crippen LogP contribution in [0.15, 0.2) is 0 Å². The van der Waals surface area contributed by atoms with Crippen LogP contribution < -0.4 is 11.2 Å². The maximum absolute atomic E-state index is 11.7. The molecule has 2 atom stereocenters. The number of amides is 1. The predicted molar refractivity (Wildman–Crippen MR) is 56.4 cm³/mol. The van der Waals surface area contributed by atoms with Crippen LogP contribution in [0.1, 0.15) is 32.1 Å². The number of carbonyl (C=O) groups is 1. The van der Waals surface area contributed by atoms with Crippen molar-refractivity contribution >= 4 is 5.91 Å². The van der Waals surface area contributed by atoms with Gasteiger partial charge in [0.1, 0.15) is 0 Å². The molecule has 0 heterocycles. The lowest BCUT2D eigenvalue weighted by atomic mass is 9.95. The number of hydrogen-bond donors (Lipinski definition) is 2. The highest BCUT2D eigenvalue weighted by atomic mass is 16.2. The summed E-state index contributed by atoms with van der Waals surface area (Å²) in [5, 5.41) is 1.68. The maximum Gasteiger partial charge on any atom is 0.238 e. The Hall–Kier alpha value is -0.610. The second-order valence-electron chi connectivity index (χ2n) is 4.28. The zero-order valence-electron chi connectivity index (χ0n) is 9.12. The van der Waals surface area contributed by atoms with Gasteiger partial charge in [-0.15, -0.1) is 0 Å². The van der Waals surface area contributed by atoms with Crippen molar-refractivity contribution in [3.63, 3.8) is 0 Å². The number of rotatable bonds is 2. The van der Waals surface area contributed by atoms with Gasteiger partial charge in [-0.2, -0.15) is 0 Å². The molecular weight excluding hydrogens is 178 g/mol. The first-order valence-electron chi connectivity index (χ1n) is 5.34. The fourth-order valence-corrected chi connectivity index (χ4v) is 1.97. The monoisotopic (exact) mass is 199 g/mol. The van der Waals surface area contributed by atoms with Crippen LogP contribution in [0.3, 0.4) is 0 Å². The van der Waals surface area contributed by atoms with Crippen LogP contribution in [0.5, 0.6) is 0 Å². The zero-order chi connectivity index (χ0) is 10.6. The van der Waals surface area contributed by atoms with Gasteiger partial charge >= 0.3 is 0 Å². The molecule has 0 spiro atoms. The summed E-state index contributed by atoms with van der Waals surface area (Å²) < 4.78 is 0. The highest BCUT2D eigenvalue weighted by Gasteiger charge is 2.26. The van der Waals surface area contributed by atoms with E-state index < -0.39 is 0 Å². The highest BCUT2D eigenvalue weighted by Crippen LogP contribution is 2.22. The van der Waals surface area contributed by atoms with E-state index in [2.05, 4.69) is 5.43 Å². The van der Waals surface area contributed by atoms with Gasteiger partial charge in [0.05, 0.1) is 5.92 Å². The molecule has 1 aliphatic carbocycles. The zero-order valence-corrected chi connectivity index (χ0v) is 9.12. The normalized spacial score (nSPS) is 28.6.